The highest BCUT2D eigenvalue weighted by Gasteiger charge is 2.29. The van der Waals surface area contributed by atoms with Crippen LogP contribution in [0.3, 0.4) is 0 Å². The second-order valence-electron chi connectivity index (χ2n) is 4.49. The lowest BCUT2D eigenvalue weighted by Gasteiger charge is -2.18. The van der Waals surface area contributed by atoms with Crippen molar-refractivity contribution in [2.45, 2.75) is 12.5 Å². The standard InChI is InChI=1S/C13H15ClN2O3/c14-10-4-2-1-3-9(10)11(13(18)19)16-12(17)8-5-6-15-7-8/h1-4,8,11,15H,5-7H2,(H,16,17)(H,18,19)/t8?,11-/m1/s1. The minimum absolute atomic E-state index is 0.177. The molecule has 2 rings (SSSR count). The molecular formula is C13H15ClN2O3. The fraction of sp³-hybridized carbons (Fsp3) is 0.385. The van der Waals surface area contributed by atoms with E-state index >= 15 is 0 Å². The summed E-state index contributed by atoms with van der Waals surface area (Å²) in [5.74, 6) is -1.55. The highest BCUT2D eigenvalue weighted by atomic mass is 35.5. The predicted octanol–water partition coefficient (Wildman–Crippen LogP) is 1.19. The van der Waals surface area contributed by atoms with E-state index in [1.165, 1.54) is 0 Å². The highest BCUT2D eigenvalue weighted by molar-refractivity contribution is 6.31. The SMILES string of the molecule is O=C(N[C@@H](C(=O)O)c1ccccc1Cl)C1CCNC1. The van der Waals surface area contributed by atoms with E-state index in [4.69, 9.17) is 11.6 Å². The lowest BCUT2D eigenvalue weighted by Crippen LogP contribution is -2.38. The van der Waals surface area contributed by atoms with Crippen LogP contribution < -0.4 is 10.6 Å². The molecule has 5 nitrogen and oxygen atoms in total. The number of carboxylic acid groups (broad SMARTS) is 1. The van der Waals surface area contributed by atoms with Crippen molar-refractivity contribution in [1.82, 2.24) is 10.6 Å². The van der Waals surface area contributed by atoms with Gasteiger partial charge in [0.2, 0.25) is 5.91 Å². The first kappa shape index (κ1) is 13.8. The fourth-order valence-corrected chi connectivity index (χ4v) is 2.37. The Balaban J connectivity index is 2.15. The van der Waals surface area contributed by atoms with E-state index in [9.17, 15) is 14.7 Å². The van der Waals surface area contributed by atoms with E-state index in [1.54, 1.807) is 24.3 Å². The summed E-state index contributed by atoms with van der Waals surface area (Å²) in [5.41, 5.74) is 0.399. The van der Waals surface area contributed by atoms with Crippen molar-refractivity contribution in [1.29, 1.82) is 0 Å². The molecular weight excluding hydrogens is 268 g/mol. The van der Waals surface area contributed by atoms with E-state index < -0.39 is 12.0 Å². The summed E-state index contributed by atoms with van der Waals surface area (Å²) in [4.78, 5) is 23.3. The van der Waals surface area contributed by atoms with Gasteiger partial charge in [0.1, 0.15) is 0 Å². The third kappa shape index (κ3) is 3.24. The Labute approximate surface area is 116 Å². The van der Waals surface area contributed by atoms with E-state index in [-0.39, 0.29) is 11.8 Å². The third-order valence-corrected chi connectivity index (χ3v) is 3.53. The van der Waals surface area contributed by atoms with Crippen LogP contribution in [0, 0.1) is 5.92 Å². The van der Waals surface area contributed by atoms with E-state index in [2.05, 4.69) is 10.6 Å². The number of carbonyl (C=O) groups excluding carboxylic acids is 1. The molecule has 2 atom stereocenters. The first-order valence-electron chi connectivity index (χ1n) is 6.08. The summed E-state index contributed by atoms with van der Waals surface area (Å²) in [6.07, 6.45) is 0.723. The predicted molar refractivity (Wildman–Crippen MR) is 70.9 cm³/mol. The number of hydrogen-bond donors (Lipinski definition) is 3. The summed E-state index contributed by atoms with van der Waals surface area (Å²) < 4.78 is 0. The highest BCUT2D eigenvalue weighted by Crippen LogP contribution is 2.23. The van der Waals surface area contributed by atoms with Crippen molar-refractivity contribution < 1.29 is 14.7 Å². The molecule has 102 valence electrons. The van der Waals surface area contributed by atoms with E-state index in [0.29, 0.717) is 17.1 Å². The number of amides is 1. The number of carbonyl (C=O) groups is 2. The number of carboxylic acids is 1. The summed E-state index contributed by atoms with van der Waals surface area (Å²) in [6, 6.07) is 5.51. The Kier molecular flexibility index (Phi) is 4.39. The van der Waals surface area contributed by atoms with Gasteiger partial charge >= 0.3 is 5.97 Å². The number of aliphatic carboxylic acids is 1. The molecule has 0 saturated carbocycles. The molecule has 1 aromatic carbocycles. The largest absolute Gasteiger partial charge is 0.479 e. The van der Waals surface area contributed by atoms with Gasteiger partial charge in [0.05, 0.1) is 5.92 Å². The zero-order valence-electron chi connectivity index (χ0n) is 10.2. The average molecular weight is 283 g/mol. The third-order valence-electron chi connectivity index (χ3n) is 3.18. The molecule has 6 heteroatoms. The van der Waals surface area contributed by atoms with Gasteiger partial charge < -0.3 is 15.7 Å². The Morgan fingerprint density at radius 3 is 2.74 bits per heavy atom. The maximum atomic E-state index is 12.0. The second kappa shape index (κ2) is 6.04. The lowest BCUT2D eigenvalue weighted by atomic mass is 10.0. The normalized spacial score (nSPS) is 19.9. The molecule has 1 saturated heterocycles. The van der Waals surface area contributed by atoms with Crippen molar-refractivity contribution in [3.63, 3.8) is 0 Å². The van der Waals surface area contributed by atoms with Crippen LogP contribution in [0.15, 0.2) is 24.3 Å². The number of hydrogen-bond acceptors (Lipinski definition) is 3. The number of nitrogens with one attached hydrogen (secondary N) is 2. The number of rotatable bonds is 4. The van der Waals surface area contributed by atoms with Crippen LogP contribution in [0.4, 0.5) is 0 Å². The average Bonchev–Trinajstić information content (AvgIpc) is 2.90. The van der Waals surface area contributed by atoms with Crippen molar-refractivity contribution in [2.75, 3.05) is 13.1 Å². The van der Waals surface area contributed by atoms with Crippen LogP contribution in [0.1, 0.15) is 18.0 Å². The van der Waals surface area contributed by atoms with Gasteiger partial charge in [0.25, 0.3) is 0 Å². The van der Waals surface area contributed by atoms with Crippen molar-refractivity contribution >= 4 is 23.5 Å². The molecule has 1 fully saturated rings. The van der Waals surface area contributed by atoms with Gasteiger partial charge in [0, 0.05) is 17.1 Å². The quantitative estimate of drug-likeness (QED) is 0.775. The molecule has 0 aromatic heterocycles. The van der Waals surface area contributed by atoms with Crippen LogP contribution in [0.5, 0.6) is 0 Å². The Hall–Kier alpha value is -1.59. The molecule has 19 heavy (non-hydrogen) atoms. The minimum Gasteiger partial charge on any atom is -0.479 e. The minimum atomic E-state index is -1.12. The fourth-order valence-electron chi connectivity index (χ4n) is 2.12. The molecule has 1 aliphatic rings. The zero-order chi connectivity index (χ0) is 13.8. The molecule has 0 spiro atoms. The molecule has 0 aliphatic carbocycles. The van der Waals surface area contributed by atoms with Crippen LogP contribution in [0.2, 0.25) is 5.02 Å². The van der Waals surface area contributed by atoms with Gasteiger partial charge in [-0.05, 0) is 19.0 Å². The van der Waals surface area contributed by atoms with Crippen LogP contribution in [-0.2, 0) is 9.59 Å². The van der Waals surface area contributed by atoms with Crippen molar-refractivity contribution in [3.8, 4) is 0 Å². The molecule has 3 N–H and O–H groups in total. The molecule has 1 unspecified atom stereocenters. The smallest absolute Gasteiger partial charge is 0.330 e. The summed E-state index contributed by atoms with van der Waals surface area (Å²) >= 11 is 5.98. The monoisotopic (exact) mass is 282 g/mol. The first-order chi connectivity index (χ1) is 9.09. The van der Waals surface area contributed by atoms with Crippen molar-refractivity contribution in [3.05, 3.63) is 34.9 Å². The zero-order valence-corrected chi connectivity index (χ0v) is 11.0. The van der Waals surface area contributed by atoms with Gasteiger partial charge in [-0.1, -0.05) is 29.8 Å². The summed E-state index contributed by atoms with van der Waals surface area (Å²) in [5, 5.41) is 15.2. The van der Waals surface area contributed by atoms with Gasteiger partial charge in [-0.3, -0.25) is 4.79 Å². The first-order valence-corrected chi connectivity index (χ1v) is 6.45. The number of halogens is 1. The Morgan fingerprint density at radius 2 is 2.16 bits per heavy atom. The summed E-state index contributed by atoms with van der Waals surface area (Å²) in [6.45, 7) is 1.36. The number of benzene rings is 1. The lowest BCUT2D eigenvalue weighted by molar-refractivity contribution is -0.142. The molecule has 1 amide bonds. The van der Waals surface area contributed by atoms with Gasteiger partial charge in [-0.25, -0.2) is 4.79 Å². The van der Waals surface area contributed by atoms with E-state index in [0.717, 1.165) is 13.0 Å². The van der Waals surface area contributed by atoms with Crippen LogP contribution in [0.25, 0.3) is 0 Å². The molecule has 1 aromatic rings. The molecule has 1 aliphatic heterocycles. The van der Waals surface area contributed by atoms with Crippen LogP contribution in [-0.4, -0.2) is 30.1 Å². The van der Waals surface area contributed by atoms with Crippen molar-refractivity contribution in [2.24, 2.45) is 5.92 Å². The Bertz CT molecular complexity index is 487. The molecule has 0 radical (unpaired) electrons. The second-order valence-corrected chi connectivity index (χ2v) is 4.90. The molecule has 0 bridgehead atoms. The molecule has 1 heterocycles. The topological polar surface area (TPSA) is 78.4 Å². The maximum Gasteiger partial charge on any atom is 0.330 e. The van der Waals surface area contributed by atoms with Crippen LogP contribution >= 0.6 is 11.6 Å². The van der Waals surface area contributed by atoms with Gasteiger partial charge in [0.15, 0.2) is 6.04 Å². The van der Waals surface area contributed by atoms with Gasteiger partial charge in [-0.15, -0.1) is 0 Å². The van der Waals surface area contributed by atoms with Gasteiger partial charge in [-0.2, -0.15) is 0 Å². The Morgan fingerprint density at radius 1 is 1.42 bits per heavy atom. The maximum absolute atomic E-state index is 12.0. The summed E-state index contributed by atoms with van der Waals surface area (Å²) in [7, 11) is 0. The van der Waals surface area contributed by atoms with E-state index in [1.807, 2.05) is 0 Å².